The van der Waals surface area contributed by atoms with E-state index in [1.165, 1.54) is 36.4 Å². The average molecular weight is 499 g/mol. The first-order valence-corrected chi connectivity index (χ1v) is 12.7. The first-order chi connectivity index (χ1) is 16.5. The third-order valence-corrected chi connectivity index (χ3v) is 8.41. The molecule has 6 nitrogen and oxygen atoms in total. The number of aromatic hydroxyl groups is 1. The molecule has 0 saturated heterocycles. The van der Waals surface area contributed by atoms with Crippen molar-refractivity contribution < 1.29 is 27.0 Å². The molecule has 5 rings (SSSR count). The Bertz CT molecular complexity index is 1470. The van der Waals surface area contributed by atoms with Gasteiger partial charge in [-0.3, -0.25) is 0 Å². The van der Waals surface area contributed by atoms with Gasteiger partial charge in [0, 0.05) is 17.3 Å². The van der Waals surface area contributed by atoms with Crippen LogP contribution >= 0.6 is 0 Å². The Morgan fingerprint density at radius 1 is 1.03 bits per heavy atom. The van der Waals surface area contributed by atoms with E-state index in [1.54, 1.807) is 18.2 Å². The number of allylic oxidation sites excluding steroid dienone is 1. The molecular formula is C26H24F2N2O4S. The van der Waals surface area contributed by atoms with Crippen molar-refractivity contribution in [3.8, 4) is 17.2 Å². The summed E-state index contributed by atoms with van der Waals surface area (Å²) in [4.78, 5) is 0.0809. The number of phenols is 1. The van der Waals surface area contributed by atoms with E-state index in [1.807, 2.05) is 13.8 Å². The van der Waals surface area contributed by atoms with E-state index in [9.17, 15) is 22.3 Å². The molecule has 1 unspecified atom stereocenters. The van der Waals surface area contributed by atoms with Gasteiger partial charge in [0.05, 0.1) is 22.4 Å². The van der Waals surface area contributed by atoms with E-state index < -0.39 is 32.9 Å². The summed E-state index contributed by atoms with van der Waals surface area (Å²) < 4.78 is 61.7. The number of nitrogens with one attached hydrogen (secondary N) is 2. The maximum atomic E-state index is 14.4. The third kappa shape index (κ3) is 4.32. The summed E-state index contributed by atoms with van der Waals surface area (Å²) >= 11 is 0. The Labute approximate surface area is 202 Å². The predicted octanol–water partition coefficient (Wildman–Crippen LogP) is 6.10. The van der Waals surface area contributed by atoms with E-state index in [4.69, 9.17) is 4.74 Å². The second kappa shape index (κ2) is 8.27. The molecule has 2 heterocycles. The van der Waals surface area contributed by atoms with Gasteiger partial charge < -0.3 is 20.5 Å². The molecule has 0 radical (unpaired) electrons. The van der Waals surface area contributed by atoms with E-state index >= 15 is 0 Å². The van der Waals surface area contributed by atoms with Crippen LogP contribution in [0.4, 0.5) is 20.2 Å². The van der Waals surface area contributed by atoms with E-state index in [0.29, 0.717) is 29.1 Å². The number of sulfone groups is 1. The topological polar surface area (TPSA) is 87.7 Å². The largest absolute Gasteiger partial charge is 0.506 e. The molecule has 2 aliphatic heterocycles. The smallest absolute Gasteiger partial charge is 0.179 e. The first-order valence-electron chi connectivity index (χ1n) is 11.1. The molecule has 0 aromatic heterocycles. The maximum absolute atomic E-state index is 14.4. The Morgan fingerprint density at radius 2 is 1.80 bits per heavy atom. The predicted molar refractivity (Wildman–Crippen MR) is 130 cm³/mol. The van der Waals surface area contributed by atoms with Crippen LogP contribution in [0.2, 0.25) is 0 Å². The molecule has 0 fully saturated rings. The van der Waals surface area contributed by atoms with Gasteiger partial charge in [-0.2, -0.15) is 0 Å². The van der Waals surface area contributed by atoms with Crippen LogP contribution in [-0.4, -0.2) is 19.3 Å². The van der Waals surface area contributed by atoms with Gasteiger partial charge in [0.15, 0.2) is 21.4 Å². The summed E-state index contributed by atoms with van der Waals surface area (Å²) in [6, 6.07) is 13.3. The van der Waals surface area contributed by atoms with E-state index in [0.717, 1.165) is 6.07 Å². The molecule has 0 saturated carbocycles. The number of para-hydroxylation sites is 2. The summed E-state index contributed by atoms with van der Waals surface area (Å²) in [5.41, 5.74) is 0.982. The summed E-state index contributed by atoms with van der Waals surface area (Å²) in [6.07, 6.45) is 0.401. The lowest BCUT2D eigenvalue weighted by Gasteiger charge is -2.35. The number of anilines is 2. The average Bonchev–Trinajstić information content (AvgIpc) is 2.92. The molecule has 3 aromatic carbocycles. The summed E-state index contributed by atoms with van der Waals surface area (Å²) in [5.74, 6) is -1.54. The molecule has 2 aliphatic rings. The lowest BCUT2D eigenvalue weighted by molar-refractivity contribution is 0.400. The molecule has 9 heteroatoms. The number of phenolic OH excluding ortho intramolecular Hbond substituents is 1. The lowest BCUT2D eigenvalue weighted by Crippen LogP contribution is -2.35. The van der Waals surface area contributed by atoms with Gasteiger partial charge in [-0.1, -0.05) is 32.0 Å². The number of halogens is 2. The number of rotatable bonds is 3. The Balaban J connectivity index is 1.73. The molecule has 35 heavy (non-hydrogen) atoms. The Kier molecular flexibility index (Phi) is 5.47. The zero-order valence-corrected chi connectivity index (χ0v) is 19.9. The zero-order valence-electron chi connectivity index (χ0n) is 19.1. The van der Waals surface area contributed by atoms with Gasteiger partial charge >= 0.3 is 0 Å². The Hall–Kier alpha value is -3.59. The Morgan fingerprint density at radius 3 is 2.57 bits per heavy atom. The number of hydrogen-bond donors (Lipinski definition) is 3. The summed E-state index contributed by atoms with van der Waals surface area (Å²) in [7, 11) is -3.80. The quantitative estimate of drug-likeness (QED) is 0.379. The van der Waals surface area contributed by atoms with Crippen molar-refractivity contribution in [1.29, 1.82) is 0 Å². The van der Waals surface area contributed by atoms with Crippen LogP contribution in [0, 0.1) is 17.0 Å². The van der Waals surface area contributed by atoms with Crippen LogP contribution in [0.25, 0.3) is 0 Å². The fourth-order valence-corrected chi connectivity index (χ4v) is 7.05. The van der Waals surface area contributed by atoms with Crippen molar-refractivity contribution >= 4 is 21.2 Å². The van der Waals surface area contributed by atoms with Crippen LogP contribution in [0.1, 0.15) is 31.9 Å². The van der Waals surface area contributed by atoms with E-state index in [2.05, 4.69) is 10.6 Å². The highest BCUT2D eigenvalue weighted by Gasteiger charge is 2.44. The number of hydrogen-bond acceptors (Lipinski definition) is 6. The minimum absolute atomic E-state index is 0.0249. The second-order valence-corrected chi connectivity index (χ2v) is 11.5. The minimum atomic E-state index is -3.80. The van der Waals surface area contributed by atoms with Crippen LogP contribution in [0.3, 0.4) is 0 Å². The van der Waals surface area contributed by atoms with Crippen molar-refractivity contribution in [3.63, 3.8) is 0 Å². The van der Waals surface area contributed by atoms with Crippen LogP contribution in [0.5, 0.6) is 17.2 Å². The van der Waals surface area contributed by atoms with E-state index in [-0.39, 0.29) is 27.9 Å². The van der Waals surface area contributed by atoms with Gasteiger partial charge in [0.2, 0.25) is 0 Å². The minimum Gasteiger partial charge on any atom is -0.506 e. The molecule has 0 amide bonds. The summed E-state index contributed by atoms with van der Waals surface area (Å²) in [6.45, 7) is 3.72. The zero-order chi connectivity index (χ0) is 25.0. The third-order valence-electron chi connectivity index (χ3n) is 6.09. The molecule has 3 N–H and O–H groups in total. The van der Waals surface area contributed by atoms with Crippen LogP contribution < -0.4 is 15.4 Å². The van der Waals surface area contributed by atoms with Crippen molar-refractivity contribution in [1.82, 2.24) is 0 Å². The molecule has 3 aromatic rings. The fraction of sp³-hybridized carbons (Fsp3) is 0.231. The highest BCUT2D eigenvalue weighted by molar-refractivity contribution is 7.95. The fourth-order valence-electron chi connectivity index (χ4n) is 4.72. The van der Waals surface area contributed by atoms with Crippen molar-refractivity contribution in [2.45, 2.75) is 26.3 Å². The molecular weight excluding hydrogens is 474 g/mol. The standard InChI is InChI=1S/C26H24F2N2O4S/c1-26(2)13-19-25(35(32,33)14-26)23(29-18-7-5-8-20(31)24(18)30-19)16-11-10-15(27)12-22(16)34-21-9-4-3-6-17(21)28/h3-12,23,29-31H,13-14H2,1-2H3. The lowest BCUT2D eigenvalue weighted by atomic mass is 9.88. The summed E-state index contributed by atoms with van der Waals surface area (Å²) in [5, 5.41) is 16.9. The highest BCUT2D eigenvalue weighted by atomic mass is 32.2. The molecule has 0 spiro atoms. The number of benzene rings is 3. The van der Waals surface area contributed by atoms with Gasteiger partial charge in [-0.25, -0.2) is 17.2 Å². The second-order valence-electron chi connectivity index (χ2n) is 9.56. The van der Waals surface area contributed by atoms with Gasteiger partial charge in [-0.05, 0) is 48.2 Å². The molecule has 182 valence electrons. The van der Waals surface area contributed by atoms with Gasteiger partial charge in [-0.15, -0.1) is 0 Å². The molecule has 1 atom stereocenters. The maximum Gasteiger partial charge on any atom is 0.179 e. The highest BCUT2D eigenvalue weighted by Crippen LogP contribution is 2.49. The number of ether oxygens (including phenoxy) is 1. The monoisotopic (exact) mass is 498 g/mol. The van der Waals surface area contributed by atoms with Crippen molar-refractivity contribution in [3.05, 3.63) is 88.5 Å². The normalized spacial score (nSPS) is 20.1. The van der Waals surface area contributed by atoms with Crippen LogP contribution in [-0.2, 0) is 9.84 Å². The molecule has 0 bridgehead atoms. The van der Waals surface area contributed by atoms with Gasteiger partial charge in [0.1, 0.15) is 23.0 Å². The molecule has 0 aliphatic carbocycles. The van der Waals surface area contributed by atoms with Gasteiger partial charge in [0.25, 0.3) is 0 Å². The number of fused-ring (bicyclic) bond motifs is 1. The van der Waals surface area contributed by atoms with Crippen molar-refractivity contribution in [2.75, 3.05) is 16.4 Å². The van der Waals surface area contributed by atoms with Crippen LogP contribution in [0.15, 0.2) is 71.3 Å². The van der Waals surface area contributed by atoms with Crippen molar-refractivity contribution in [2.24, 2.45) is 5.41 Å². The SMILES string of the molecule is CC1(C)CC2=C(C(c3ccc(F)cc3Oc3ccccc3F)Nc3cccc(O)c3N2)S(=O)(=O)C1. The first kappa shape index (κ1) is 23.2.